The van der Waals surface area contributed by atoms with Crippen LogP contribution in [0.5, 0.6) is 0 Å². The molecule has 4 heteroatoms. The van der Waals surface area contributed by atoms with E-state index in [0.717, 1.165) is 22.4 Å². The summed E-state index contributed by atoms with van der Waals surface area (Å²) in [6.45, 7) is 3.18. The minimum absolute atomic E-state index is 0.136. The number of fused-ring (bicyclic) bond motifs is 1. The average Bonchev–Trinajstić information content (AvgIpc) is 3.09. The second-order valence-electron chi connectivity index (χ2n) is 7.05. The number of nitrogens with zero attached hydrogens (tertiary/aromatic N) is 2. The SMILES string of the molecule is Cc1cccc(Cn2c(CNC(=O)/C=C\c3ccccc3)nc3ccccc32)c1. The summed E-state index contributed by atoms with van der Waals surface area (Å²) in [4.78, 5) is 17.0. The summed E-state index contributed by atoms with van der Waals surface area (Å²) in [5.41, 5.74) is 5.44. The first-order valence-electron chi connectivity index (χ1n) is 9.70. The Labute approximate surface area is 170 Å². The predicted molar refractivity (Wildman–Crippen MR) is 117 cm³/mol. The van der Waals surface area contributed by atoms with Crippen molar-refractivity contribution in [2.45, 2.75) is 20.0 Å². The second kappa shape index (κ2) is 8.57. The van der Waals surface area contributed by atoms with E-state index in [-0.39, 0.29) is 5.91 Å². The van der Waals surface area contributed by atoms with Gasteiger partial charge in [-0.2, -0.15) is 0 Å². The number of aryl methyl sites for hydroxylation is 1. The van der Waals surface area contributed by atoms with Crippen LogP contribution < -0.4 is 5.32 Å². The van der Waals surface area contributed by atoms with Gasteiger partial charge in [0.05, 0.1) is 17.6 Å². The number of hydrogen-bond acceptors (Lipinski definition) is 2. The van der Waals surface area contributed by atoms with Crippen LogP contribution in [0.15, 0.2) is 84.9 Å². The molecule has 4 aromatic rings. The number of benzene rings is 3. The van der Waals surface area contributed by atoms with Gasteiger partial charge in [0, 0.05) is 12.6 Å². The van der Waals surface area contributed by atoms with Crippen molar-refractivity contribution in [3.8, 4) is 0 Å². The second-order valence-corrected chi connectivity index (χ2v) is 7.05. The van der Waals surface area contributed by atoms with Crippen molar-refractivity contribution in [1.82, 2.24) is 14.9 Å². The Hall–Kier alpha value is -3.66. The van der Waals surface area contributed by atoms with Gasteiger partial charge in [-0.1, -0.05) is 72.3 Å². The zero-order valence-corrected chi connectivity index (χ0v) is 16.4. The number of nitrogens with one attached hydrogen (secondary N) is 1. The molecule has 0 aliphatic carbocycles. The Kier molecular flexibility index (Phi) is 5.52. The Morgan fingerprint density at radius 1 is 1.00 bits per heavy atom. The molecule has 0 spiro atoms. The largest absolute Gasteiger partial charge is 0.345 e. The number of aromatic nitrogens is 2. The van der Waals surface area contributed by atoms with Gasteiger partial charge in [-0.25, -0.2) is 4.98 Å². The molecule has 4 rings (SSSR count). The standard InChI is InChI=1S/C25H23N3O/c1-19-8-7-11-21(16-19)18-28-23-13-6-5-12-22(23)27-24(28)17-26-25(29)15-14-20-9-3-2-4-10-20/h2-16H,17-18H2,1H3,(H,26,29)/b15-14-. The summed E-state index contributed by atoms with van der Waals surface area (Å²) in [7, 11) is 0. The Bertz CT molecular complexity index is 1160. The van der Waals surface area contributed by atoms with Crippen LogP contribution in [-0.4, -0.2) is 15.5 Å². The normalized spacial score (nSPS) is 11.2. The van der Waals surface area contributed by atoms with Crippen LogP contribution >= 0.6 is 0 Å². The topological polar surface area (TPSA) is 46.9 Å². The summed E-state index contributed by atoms with van der Waals surface area (Å²) in [6, 6.07) is 26.3. The molecule has 0 bridgehead atoms. The van der Waals surface area contributed by atoms with Crippen LogP contribution in [0.25, 0.3) is 17.1 Å². The molecular formula is C25H23N3O. The van der Waals surface area contributed by atoms with E-state index >= 15 is 0 Å². The molecule has 4 nitrogen and oxygen atoms in total. The van der Waals surface area contributed by atoms with Crippen molar-refractivity contribution in [2.24, 2.45) is 0 Å². The first-order valence-corrected chi connectivity index (χ1v) is 9.70. The fraction of sp³-hybridized carbons (Fsp3) is 0.120. The summed E-state index contributed by atoms with van der Waals surface area (Å²) in [5.74, 6) is 0.706. The quantitative estimate of drug-likeness (QED) is 0.491. The van der Waals surface area contributed by atoms with Crippen LogP contribution in [0.3, 0.4) is 0 Å². The van der Waals surface area contributed by atoms with Crippen molar-refractivity contribution in [2.75, 3.05) is 0 Å². The van der Waals surface area contributed by atoms with Crippen molar-refractivity contribution < 1.29 is 4.79 Å². The predicted octanol–water partition coefficient (Wildman–Crippen LogP) is 4.72. The summed E-state index contributed by atoms with van der Waals surface area (Å²) in [6.07, 6.45) is 3.37. The van der Waals surface area contributed by atoms with Gasteiger partial charge in [0.1, 0.15) is 5.82 Å². The van der Waals surface area contributed by atoms with E-state index in [4.69, 9.17) is 4.98 Å². The van der Waals surface area contributed by atoms with Gasteiger partial charge in [-0.05, 0) is 36.3 Å². The third-order valence-corrected chi connectivity index (χ3v) is 4.80. The van der Waals surface area contributed by atoms with Gasteiger partial charge in [-0.3, -0.25) is 4.79 Å². The number of amides is 1. The molecule has 1 aromatic heterocycles. The summed E-state index contributed by atoms with van der Waals surface area (Å²) in [5, 5.41) is 2.96. The van der Waals surface area contributed by atoms with Crippen LogP contribution in [0, 0.1) is 6.92 Å². The Balaban J connectivity index is 1.53. The maximum Gasteiger partial charge on any atom is 0.244 e. The monoisotopic (exact) mass is 381 g/mol. The maximum atomic E-state index is 12.3. The van der Waals surface area contributed by atoms with Gasteiger partial charge in [0.15, 0.2) is 0 Å². The number of hydrogen-bond donors (Lipinski definition) is 1. The lowest BCUT2D eigenvalue weighted by Crippen LogP contribution is -2.23. The molecule has 1 amide bonds. The molecule has 3 aromatic carbocycles. The molecule has 0 saturated carbocycles. The van der Waals surface area contributed by atoms with Gasteiger partial charge in [0.25, 0.3) is 0 Å². The Morgan fingerprint density at radius 3 is 2.62 bits per heavy atom. The molecule has 0 saturated heterocycles. The number of carbonyl (C=O) groups excluding carboxylic acids is 1. The lowest BCUT2D eigenvalue weighted by molar-refractivity contribution is -0.116. The van der Waals surface area contributed by atoms with Gasteiger partial charge >= 0.3 is 0 Å². The number of carbonyl (C=O) groups is 1. The molecular weight excluding hydrogens is 358 g/mol. The molecule has 0 aliphatic heterocycles. The molecule has 144 valence electrons. The van der Waals surface area contributed by atoms with Gasteiger partial charge < -0.3 is 9.88 Å². The highest BCUT2D eigenvalue weighted by Gasteiger charge is 2.11. The highest BCUT2D eigenvalue weighted by Crippen LogP contribution is 2.18. The van der Waals surface area contributed by atoms with Crippen molar-refractivity contribution >= 4 is 23.0 Å². The Morgan fingerprint density at radius 2 is 1.79 bits per heavy atom. The third-order valence-electron chi connectivity index (χ3n) is 4.80. The fourth-order valence-electron chi connectivity index (χ4n) is 3.39. The van der Waals surface area contributed by atoms with E-state index in [1.165, 1.54) is 11.1 Å². The smallest absolute Gasteiger partial charge is 0.244 e. The van der Waals surface area contributed by atoms with E-state index < -0.39 is 0 Å². The van der Waals surface area contributed by atoms with Gasteiger partial charge in [0.2, 0.25) is 5.91 Å². The third kappa shape index (κ3) is 4.61. The van der Waals surface area contributed by atoms with Crippen LogP contribution in [0.4, 0.5) is 0 Å². The molecule has 1 heterocycles. The van der Waals surface area contributed by atoms with Crippen LogP contribution in [0.1, 0.15) is 22.5 Å². The minimum atomic E-state index is -0.136. The molecule has 0 radical (unpaired) electrons. The minimum Gasteiger partial charge on any atom is -0.345 e. The highest BCUT2D eigenvalue weighted by molar-refractivity contribution is 5.91. The first-order chi connectivity index (χ1) is 14.2. The van der Waals surface area contributed by atoms with E-state index in [1.54, 1.807) is 6.08 Å². The molecule has 0 unspecified atom stereocenters. The summed E-state index contributed by atoms with van der Waals surface area (Å²) >= 11 is 0. The van der Waals surface area contributed by atoms with Crippen molar-refractivity contribution in [1.29, 1.82) is 0 Å². The lowest BCUT2D eigenvalue weighted by atomic mass is 10.1. The van der Waals surface area contributed by atoms with Crippen LogP contribution in [-0.2, 0) is 17.9 Å². The number of rotatable bonds is 6. The molecule has 1 N–H and O–H groups in total. The van der Waals surface area contributed by atoms with Gasteiger partial charge in [-0.15, -0.1) is 0 Å². The van der Waals surface area contributed by atoms with Crippen LogP contribution in [0.2, 0.25) is 0 Å². The molecule has 0 fully saturated rings. The fourth-order valence-corrected chi connectivity index (χ4v) is 3.39. The number of para-hydroxylation sites is 2. The number of imidazole rings is 1. The van der Waals surface area contributed by atoms with E-state index in [0.29, 0.717) is 13.1 Å². The van der Waals surface area contributed by atoms with Crippen molar-refractivity contribution in [3.63, 3.8) is 0 Å². The zero-order chi connectivity index (χ0) is 20.1. The molecule has 0 atom stereocenters. The highest BCUT2D eigenvalue weighted by atomic mass is 16.1. The van der Waals surface area contributed by atoms with Crippen molar-refractivity contribution in [3.05, 3.63) is 107 Å². The average molecular weight is 381 g/mol. The maximum absolute atomic E-state index is 12.3. The molecule has 0 aliphatic rings. The summed E-state index contributed by atoms with van der Waals surface area (Å²) < 4.78 is 2.17. The van der Waals surface area contributed by atoms with E-state index in [1.807, 2.05) is 54.6 Å². The first kappa shape index (κ1) is 18.7. The molecule has 29 heavy (non-hydrogen) atoms. The lowest BCUT2D eigenvalue weighted by Gasteiger charge is -2.10. The zero-order valence-electron chi connectivity index (χ0n) is 16.4. The van der Waals surface area contributed by atoms with E-state index in [2.05, 4.69) is 47.1 Å². The van der Waals surface area contributed by atoms with E-state index in [9.17, 15) is 4.79 Å².